The maximum atomic E-state index is 12.5. The van der Waals surface area contributed by atoms with Crippen molar-refractivity contribution in [1.29, 1.82) is 0 Å². The summed E-state index contributed by atoms with van der Waals surface area (Å²) in [5.74, 6) is -5.78. The molecule has 3 rings (SSSR count). The Kier molecular flexibility index (Phi) is 7.82. The van der Waals surface area contributed by atoms with Gasteiger partial charge in [-0.05, 0) is 13.8 Å². The van der Waals surface area contributed by atoms with Crippen LogP contribution in [0.25, 0.3) is 0 Å². The molecule has 10 atom stereocenters. The minimum Gasteiger partial charge on any atom is -0.478 e. The van der Waals surface area contributed by atoms with Crippen molar-refractivity contribution in [2.24, 2.45) is 11.8 Å². The molecule has 0 aromatic carbocycles. The second kappa shape index (κ2) is 10.1. The van der Waals surface area contributed by atoms with E-state index in [-0.39, 0.29) is 5.57 Å². The van der Waals surface area contributed by atoms with Crippen LogP contribution in [0.4, 0.5) is 0 Å². The maximum absolute atomic E-state index is 12.5. The summed E-state index contributed by atoms with van der Waals surface area (Å²) in [6.07, 6.45) is -10.6. The summed E-state index contributed by atoms with van der Waals surface area (Å²) in [4.78, 5) is 36.7. The average Bonchev–Trinajstić information content (AvgIpc) is 2.77. The van der Waals surface area contributed by atoms with Crippen molar-refractivity contribution in [2.75, 3.05) is 13.2 Å². The SMILES string of the molecule is CC1OC(=O)CC2C(C(=O)O)=COC(OC3OC(CO)C(O)C(O)C3O)C2COC(=O)C1(C)O. The van der Waals surface area contributed by atoms with Crippen LogP contribution in [0.15, 0.2) is 11.8 Å². The summed E-state index contributed by atoms with van der Waals surface area (Å²) in [5.41, 5.74) is -2.54. The van der Waals surface area contributed by atoms with E-state index in [9.17, 15) is 45.0 Å². The molecule has 0 aromatic rings. The van der Waals surface area contributed by atoms with Gasteiger partial charge in [-0.25, -0.2) is 9.59 Å². The van der Waals surface area contributed by atoms with Crippen LogP contribution in [-0.2, 0) is 38.1 Å². The smallest absolute Gasteiger partial charge is 0.341 e. The van der Waals surface area contributed by atoms with Crippen LogP contribution in [0.3, 0.4) is 0 Å². The number of aliphatic hydroxyl groups excluding tert-OH is 4. The van der Waals surface area contributed by atoms with E-state index in [4.69, 9.17) is 23.7 Å². The molecule has 6 N–H and O–H groups in total. The van der Waals surface area contributed by atoms with Crippen LogP contribution >= 0.6 is 0 Å². The first kappa shape index (κ1) is 26.3. The zero-order valence-electron chi connectivity index (χ0n) is 18.3. The summed E-state index contributed by atoms with van der Waals surface area (Å²) in [5, 5.41) is 59.5. The van der Waals surface area contributed by atoms with Gasteiger partial charge in [-0.3, -0.25) is 4.79 Å². The number of cyclic esters (lactones) is 2. The van der Waals surface area contributed by atoms with Crippen molar-refractivity contribution < 1.29 is 68.7 Å². The normalized spacial score (nSPS) is 43.5. The monoisotopic (exact) mass is 492 g/mol. The molecule has 0 radical (unpaired) electrons. The first-order chi connectivity index (χ1) is 15.9. The average molecular weight is 492 g/mol. The lowest BCUT2D eigenvalue weighted by Gasteiger charge is -2.43. The summed E-state index contributed by atoms with van der Waals surface area (Å²) < 4.78 is 26.5. The highest BCUT2D eigenvalue weighted by molar-refractivity contribution is 5.88. The topological polar surface area (TPSA) is 219 Å². The fraction of sp³-hybridized carbons (Fsp3) is 0.750. The molecule has 10 unspecified atom stereocenters. The highest BCUT2D eigenvalue weighted by Gasteiger charge is 2.50. The van der Waals surface area contributed by atoms with Crippen molar-refractivity contribution in [2.45, 2.75) is 69.0 Å². The summed E-state index contributed by atoms with van der Waals surface area (Å²) in [6.45, 7) is 1.09. The quantitative estimate of drug-likeness (QED) is 0.215. The highest BCUT2D eigenvalue weighted by Crippen LogP contribution is 2.37. The van der Waals surface area contributed by atoms with E-state index >= 15 is 0 Å². The zero-order chi connectivity index (χ0) is 25.4. The van der Waals surface area contributed by atoms with Crippen LogP contribution in [0.5, 0.6) is 0 Å². The van der Waals surface area contributed by atoms with E-state index in [1.165, 1.54) is 6.92 Å². The van der Waals surface area contributed by atoms with Gasteiger partial charge in [0.1, 0.15) is 37.1 Å². The Morgan fingerprint density at radius 2 is 1.85 bits per heavy atom. The number of carboxylic acid groups (broad SMARTS) is 1. The van der Waals surface area contributed by atoms with E-state index in [1.54, 1.807) is 0 Å². The number of carbonyl (C=O) groups excluding carboxylic acids is 2. The predicted molar refractivity (Wildman–Crippen MR) is 104 cm³/mol. The largest absolute Gasteiger partial charge is 0.478 e. The summed E-state index contributed by atoms with van der Waals surface area (Å²) in [6, 6.07) is 0. The fourth-order valence-electron chi connectivity index (χ4n) is 3.88. The van der Waals surface area contributed by atoms with Crippen molar-refractivity contribution in [1.82, 2.24) is 0 Å². The molecule has 2 saturated heterocycles. The lowest BCUT2D eigenvalue weighted by Crippen LogP contribution is -2.60. The Labute approximate surface area is 193 Å². The predicted octanol–water partition coefficient (Wildman–Crippen LogP) is -3.01. The van der Waals surface area contributed by atoms with Crippen LogP contribution in [0, 0.1) is 11.8 Å². The Balaban J connectivity index is 1.91. The van der Waals surface area contributed by atoms with Crippen LogP contribution in [0.2, 0.25) is 0 Å². The van der Waals surface area contributed by atoms with E-state index in [0.717, 1.165) is 13.2 Å². The van der Waals surface area contributed by atoms with Crippen molar-refractivity contribution in [3.05, 3.63) is 11.8 Å². The number of fused-ring (bicyclic) bond motifs is 1. The summed E-state index contributed by atoms with van der Waals surface area (Å²) >= 11 is 0. The highest BCUT2D eigenvalue weighted by atomic mass is 16.8. The van der Waals surface area contributed by atoms with Gasteiger partial charge in [0.15, 0.2) is 11.9 Å². The van der Waals surface area contributed by atoms with E-state index in [2.05, 4.69) is 0 Å². The van der Waals surface area contributed by atoms with Gasteiger partial charge in [-0.1, -0.05) is 0 Å². The second-order valence-electron chi connectivity index (χ2n) is 8.57. The molecule has 0 spiro atoms. The molecule has 0 aliphatic carbocycles. The third-order valence-corrected chi connectivity index (χ3v) is 6.27. The number of aliphatic hydroxyl groups is 5. The van der Waals surface area contributed by atoms with Crippen LogP contribution < -0.4 is 0 Å². The molecule has 0 saturated carbocycles. The number of ether oxygens (including phenoxy) is 5. The molecule has 0 bridgehead atoms. The Hall–Kier alpha value is -2.33. The fourth-order valence-corrected chi connectivity index (χ4v) is 3.88. The summed E-state index contributed by atoms with van der Waals surface area (Å²) in [7, 11) is 0. The van der Waals surface area contributed by atoms with Crippen molar-refractivity contribution >= 4 is 17.9 Å². The molecular formula is C20H28O14. The number of carboxylic acids is 1. The zero-order valence-corrected chi connectivity index (χ0v) is 18.3. The standard InChI is InChI=1S/C20H28O14/c1-7-20(2,29)19(28)31-6-10-8(3-12(22)32-7)9(16(26)27)5-30-17(10)34-18-15(25)14(24)13(23)11(4-21)33-18/h5,7-8,10-11,13-15,17-18,21,23-25,29H,3-4,6H2,1-2H3,(H,26,27). The van der Waals surface area contributed by atoms with Gasteiger partial charge in [-0.15, -0.1) is 0 Å². The first-order valence-electron chi connectivity index (χ1n) is 10.5. The number of carbonyl (C=O) groups is 3. The molecule has 3 aliphatic heterocycles. The molecule has 3 heterocycles. The number of rotatable bonds is 4. The molecular weight excluding hydrogens is 464 g/mol. The number of esters is 2. The minimum absolute atomic E-state index is 0.341. The molecule has 192 valence electrons. The van der Waals surface area contributed by atoms with Gasteiger partial charge >= 0.3 is 17.9 Å². The number of hydrogen-bond acceptors (Lipinski definition) is 13. The number of hydrogen-bond donors (Lipinski definition) is 6. The third kappa shape index (κ3) is 5.02. The lowest BCUT2D eigenvalue weighted by molar-refractivity contribution is -0.343. The van der Waals surface area contributed by atoms with Crippen LogP contribution in [-0.4, -0.2) is 110 Å². The Morgan fingerprint density at radius 1 is 1.18 bits per heavy atom. The van der Waals surface area contributed by atoms with Crippen molar-refractivity contribution in [3.8, 4) is 0 Å². The van der Waals surface area contributed by atoms with Gasteiger partial charge in [0.25, 0.3) is 0 Å². The Morgan fingerprint density at radius 3 is 2.47 bits per heavy atom. The second-order valence-corrected chi connectivity index (χ2v) is 8.57. The van der Waals surface area contributed by atoms with Gasteiger partial charge < -0.3 is 54.3 Å². The third-order valence-electron chi connectivity index (χ3n) is 6.27. The van der Waals surface area contributed by atoms with Crippen molar-refractivity contribution in [3.63, 3.8) is 0 Å². The first-order valence-corrected chi connectivity index (χ1v) is 10.5. The molecule has 14 nitrogen and oxygen atoms in total. The lowest BCUT2D eigenvalue weighted by atomic mass is 9.81. The maximum Gasteiger partial charge on any atom is 0.341 e. The van der Waals surface area contributed by atoms with E-state index < -0.39 is 98.1 Å². The number of aliphatic carboxylic acids is 1. The minimum atomic E-state index is -2.20. The molecule has 34 heavy (non-hydrogen) atoms. The van der Waals surface area contributed by atoms with Gasteiger partial charge in [-0.2, -0.15) is 0 Å². The molecule has 14 heteroatoms. The van der Waals surface area contributed by atoms with Gasteiger partial charge in [0.05, 0.1) is 30.8 Å². The molecule has 0 aromatic heterocycles. The van der Waals surface area contributed by atoms with E-state index in [1.807, 2.05) is 0 Å². The molecule has 0 amide bonds. The van der Waals surface area contributed by atoms with E-state index in [0.29, 0.717) is 0 Å². The van der Waals surface area contributed by atoms with Crippen LogP contribution in [0.1, 0.15) is 20.3 Å². The molecule has 2 fully saturated rings. The van der Waals surface area contributed by atoms with Gasteiger partial charge in [0.2, 0.25) is 6.29 Å². The Bertz CT molecular complexity index is 822. The molecule has 3 aliphatic rings. The van der Waals surface area contributed by atoms with Gasteiger partial charge in [0, 0.05) is 5.92 Å².